The van der Waals surface area contributed by atoms with E-state index in [1.165, 1.54) is 17.0 Å². The van der Waals surface area contributed by atoms with Gasteiger partial charge in [0, 0.05) is 30.1 Å². The maximum Gasteiger partial charge on any atom is 0.318 e. The number of fused-ring (bicyclic) bond motifs is 1. The fraction of sp³-hybridized carbons (Fsp3) is 0.520. The molecule has 3 rings (SSSR count). The number of hydrogen-bond donors (Lipinski definition) is 1. The normalized spacial score (nSPS) is 16.3. The molecule has 1 aromatic carbocycles. The molecule has 2 atom stereocenters. The number of thiophene rings is 1. The van der Waals surface area contributed by atoms with Crippen molar-refractivity contribution in [3.63, 3.8) is 0 Å². The van der Waals surface area contributed by atoms with Crippen molar-refractivity contribution in [3.8, 4) is 5.75 Å². The molecule has 0 saturated heterocycles. The molecule has 0 saturated carbocycles. The molecule has 1 aliphatic heterocycles. The van der Waals surface area contributed by atoms with Crippen LogP contribution in [0.3, 0.4) is 0 Å². The Bertz CT molecular complexity index is 948. The zero-order chi connectivity index (χ0) is 24.0. The van der Waals surface area contributed by atoms with Gasteiger partial charge in [-0.05, 0) is 55.3 Å². The number of rotatable bonds is 9. The first kappa shape index (κ1) is 25.0. The monoisotopic (exact) mass is 475 g/mol. The first-order chi connectivity index (χ1) is 15.8. The van der Waals surface area contributed by atoms with Gasteiger partial charge in [0.2, 0.25) is 5.91 Å². The molecule has 0 fully saturated rings. The minimum absolute atomic E-state index is 0.0113. The molecule has 0 unspecified atom stereocenters. The van der Waals surface area contributed by atoms with Gasteiger partial charge in [-0.3, -0.25) is 4.79 Å². The standard InChI is InChI=1S/C25H34FN3O3S/c1-5-18(4)14-28(25(31)27-17(2)3)15-24(30)29-11-9-23-21(10-12-33-23)22(29)16-32-20-8-6-7-19(26)13-20/h6-8,10,12-13,17-18,22H,5,9,11,14-16H2,1-4H3,(H,27,31)/t18-,22+/m0/s1. The summed E-state index contributed by atoms with van der Waals surface area (Å²) in [5, 5.41) is 4.94. The summed E-state index contributed by atoms with van der Waals surface area (Å²) in [5.74, 6) is 0.242. The van der Waals surface area contributed by atoms with E-state index in [4.69, 9.17) is 4.74 Å². The Kier molecular flexibility index (Phi) is 8.72. The Hall–Kier alpha value is -2.61. The fourth-order valence-electron chi connectivity index (χ4n) is 3.92. The third-order valence-corrected chi connectivity index (χ3v) is 6.87. The molecule has 0 radical (unpaired) electrons. The largest absolute Gasteiger partial charge is 0.491 e. The van der Waals surface area contributed by atoms with E-state index in [1.54, 1.807) is 33.3 Å². The molecular weight excluding hydrogens is 441 g/mol. The lowest BCUT2D eigenvalue weighted by Crippen LogP contribution is -2.51. The number of halogens is 1. The SMILES string of the molecule is CC[C@H](C)CN(CC(=O)N1CCc2sccc2[C@H]1COc1cccc(F)c1)C(=O)NC(C)C. The Labute approximate surface area is 199 Å². The van der Waals surface area contributed by atoms with E-state index >= 15 is 0 Å². The molecule has 33 heavy (non-hydrogen) atoms. The van der Waals surface area contributed by atoms with Crippen LogP contribution in [-0.2, 0) is 11.2 Å². The average Bonchev–Trinajstić information content (AvgIpc) is 3.25. The zero-order valence-corrected chi connectivity index (χ0v) is 20.7. The van der Waals surface area contributed by atoms with E-state index in [9.17, 15) is 14.0 Å². The van der Waals surface area contributed by atoms with Gasteiger partial charge in [0.05, 0.1) is 6.04 Å². The summed E-state index contributed by atoms with van der Waals surface area (Å²) in [6, 6.07) is 7.53. The van der Waals surface area contributed by atoms with Gasteiger partial charge < -0.3 is 19.9 Å². The molecule has 1 aromatic heterocycles. The maximum atomic E-state index is 13.6. The summed E-state index contributed by atoms with van der Waals surface area (Å²) in [6.45, 7) is 9.28. The van der Waals surface area contributed by atoms with Gasteiger partial charge in [0.1, 0.15) is 24.7 Å². The van der Waals surface area contributed by atoms with Gasteiger partial charge in [-0.15, -0.1) is 11.3 Å². The lowest BCUT2D eigenvalue weighted by molar-refractivity contribution is -0.135. The zero-order valence-electron chi connectivity index (χ0n) is 19.8. The number of amides is 3. The van der Waals surface area contributed by atoms with Crippen LogP contribution < -0.4 is 10.1 Å². The quantitative estimate of drug-likeness (QED) is 0.564. The van der Waals surface area contributed by atoms with Gasteiger partial charge in [-0.2, -0.15) is 0 Å². The number of nitrogens with one attached hydrogen (secondary N) is 1. The van der Waals surface area contributed by atoms with Gasteiger partial charge in [-0.25, -0.2) is 9.18 Å². The molecular formula is C25H34FN3O3S. The number of carbonyl (C=O) groups excluding carboxylic acids is 2. The first-order valence-corrected chi connectivity index (χ1v) is 12.5. The van der Waals surface area contributed by atoms with E-state index in [2.05, 4.69) is 19.2 Å². The Morgan fingerprint density at radius 3 is 2.79 bits per heavy atom. The highest BCUT2D eigenvalue weighted by atomic mass is 32.1. The third-order valence-electron chi connectivity index (χ3n) is 5.87. The van der Waals surface area contributed by atoms with Crippen molar-refractivity contribution in [1.29, 1.82) is 0 Å². The van der Waals surface area contributed by atoms with Crippen molar-refractivity contribution in [2.45, 2.75) is 52.6 Å². The lowest BCUT2D eigenvalue weighted by atomic mass is 10.00. The van der Waals surface area contributed by atoms with Crippen LogP contribution in [0.2, 0.25) is 0 Å². The highest BCUT2D eigenvalue weighted by Crippen LogP contribution is 2.34. The maximum absolute atomic E-state index is 13.6. The molecule has 0 spiro atoms. The number of ether oxygens (including phenoxy) is 1. The summed E-state index contributed by atoms with van der Waals surface area (Å²) in [4.78, 5) is 30.9. The minimum Gasteiger partial charge on any atom is -0.491 e. The summed E-state index contributed by atoms with van der Waals surface area (Å²) in [6.07, 6.45) is 1.70. The Morgan fingerprint density at radius 1 is 1.30 bits per heavy atom. The number of benzene rings is 1. The predicted molar refractivity (Wildman–Crippen MR) is 129 cm³/mol. The highest BCUT2D eigenvalue weighted by molar-refractivity contribution is 7.10. The fourth-order valence-corrected chi connectivity index (χ4v) is 4.85. The molecule has 0 bridgehead atoms. The van der Waals surface area contributed by atoms with Crippen LogP contribution in [-0.4, -0.2) is 54.0 Å². The molecule has 1 N–H and O–H groups in total. The van der Waals surface area contributed by atoms with E-state index in [1.807, 2.05) is 25.3 Å². The van der Waals surface area contributed by atoms with Crippen LogP contribution in [0.5, 0.6) is 5.75 Å². The van der Waals surface area contributed by atoms with Crippen molar-refractivity contribution >= 4 is 23.3 Å². The molecule has 6 nitrogen and oxygen atoms in total. The van der Waals surface area contributed by atoms with Crippen LogP contribution in [0.25, 0.3) is 0 Å². The second-order valence-electron chi connectivity index (χ2n) is 8.92. The number of hydrogen-bond acceptors (Lipinski definition) is 4. The average molecular weight is 476 g/mol. The molecule has 3 amide bonds. The molecule has 2 aromatic rings. The Morgan fingerprint density at radius 2 is 2.09 bits per heavy atom. The molecule has 1 aliphatic rings. The topological polar surface area (TPSA) is 61.9 Å². The highest BCUT2D eigenvalue weighted by Gasteiger charge is 2.33. The predicted octanol–water partition coefficient (Wildman–Crippen LogP) is 4.86. The van der Waals surface area contributed by atoms with Crippen molar-refractivity contribution in [2.24, 2.45) is 5.92 Å². The minimum atomic E-state index is -0.364. The second-order valence-corrected chi connectivity index (χ2v) is 9.92. The van der Waals surface area contributed by atoms with E-state index in [0.29, 0.717) is 18.8 Å². The van der Waals surface area contributed by atoms with E-state index in [-0.39, 0.29) is 48.9 Å². The van der Waals surface area contributed by atoms with Gasteiger partial charge in [0.25, 0.3) is 0 Å². The van der Waals surface area contributed by atoms with Gasteiger partial charge >= 0.3 is 6.03 Å². The summed E-state index contributed by atoms with van der Waals surface area (Å²) in [5.41, 5.74) is 1.07. The summed E-state index contributed by atoms with van der Waals surface area (Å²) < 4.78 is 19.5. The molecule has 2 heterocycles. The number of urea groups is 1. The summed E-state index contributed by atoms with van der Waals surface area (Å²) in [7, 11) is 0. The summed E-state index contributed by atoms with van der Waals surface area (Å²) >= 11 is 1.68. The molecule has 0 aliphatic carbocycles. The van der Waals surface area contributed by atoms with Crippen molar-refractivity contribution in [2.75, 3.05) is 26.2 Å². The van der Waals surface area contributed by atoms with Gasteiger partial charge in [0.15, 0.2) is 0 Å². The number of carbonyl (C=O) groups is 2. The Balaban J connectivity index is 1.77. The van der Waals surface area contributed by atoms with Crippen molar-refractivity contribution in [3.05, 3.63) is 52.0 Å². The van der Waals surface area contributed by atoms with Crippen LogP contribution >= 0.6 is 11.3 Å². The lowest BCUT2D eigenvalue weighted by Gasteiger charge is -2.37. The molecule has 8 heteroatoms. The third kappa shape index (κ3) is 6.69. The van der Waals surface area contributed by atoms with Gasteiger partial charge in [-0.1, -0.05) is 26.3 Å². The second kappa shape index (κ2) is 11.5. The van der Waals surface area contributed by atoms with Crippen LogP contribution in [0, 0.1) is 11.7 Å². The van der Waals surface area contributed by atoms with Crippen molar-refractivity contribution in [1.82, 2.24) is 15.1 Å². The van der Waals surface area contributed by atoms with Crippen LogP contribution in [0.4, 0.5) is 9.18 Å². The van der Waals surface area contributed by atoms with E-state index in [0.717, 1.165) is 18.4 Å². The number of nitrogens with zero attached hydrogens (tertiary/aromatic N) is 2. The van der Waals surface area contributed by atoms with Crippen LogP contribution in [0.1, 0.15) is 50.6 Å². The smallest absolute Gasteiger partial charge is 0.318 e. The van der Waals surface area contributed by atoms with Crippen LogP contribution in [0.15, 0.2) is 35.7 Å². The van der Waals surface area contributed by atoms with Crippen molar-refractivity contribution < 1.29 is 18.7 Å². The van der Waals surface area contributed by atoms with E-state index < -0.39 is 0 Å². The first-order valence-electron chi connectivity index (χ1n) is 11.6. The molecule has 180 valence electrons.